The van der Waals surface area contributed by atoms with E-state index in [1.807, 2.05) is 0 Å². The van der Waals surface area contributed by atoms with Gasteiger partial charge in [-0.3, -0.25) is 4.57 Å². The summed E-state index contributed by atoms with van der Waals surface area (Å²) in [4.78, 5) is 11.3. The molecule has 1 aromatic rings. The Morgan fingerprint density at radius 2 is 2.06 bits per heavy atom. The zero-order valence-electron chi connectivity index (χ0n) is 10.5. The third-order valence-electron chi connectivity index (χ3n) is 1.73. The van der Waals surface area contributed by atoms with E-state index < -0.39 is 13.9 Å². The summed E-state index contributed by atoms with van der Waals surface area (Å²) in [7, 11) is -3.01. The molecule has 0 aromatic heterocycles. The molecule has 0 radical (unpaired) electrons. The van der Waals surface area contributed by atoms with Crippen molar-refractivity contribution in [1.82, 2.24) is 0 Å². The molecule has 6 nitrogen and oxygen atoms in total. The van der Waals surface area contributed by atoms with Gasteiger partial charge in [0.1, 0.15) is 11.5 Å². The molecule has 0 amide bonds. The third-order valence-corrected chi connectivity index (χ3v) is 2.63. The van der Waals surface area contributed by atoms with Crippen LogP contribution in [0, 0.1) is 0 Å². The first-order valence-electron chi connectivity index (χ1n) is 4.90. The molecule has 0 fully saturated rings. The van der Waals surface area contributed by atoms with Gasteiger partial charge in [-0.1, -0.05) is 6.07 Å². The van der Waals surface area contributed by atoms with E-state index in [-0.39, 0.29) is 41.9 Å². The van der Waals surface area contributed by atoms with Crippen LogP contribution in [0.4, 0.5) is 0 Å². The quantitative estimate of drug-likeness (QED) is 0.477. The number of aliphatic hydroxyl groups is 1. The van der Waals surface area contributed by atoms with Gasteiger partial charge in [-0.15, -0.1) is 0 Å². The van der Waals surface area contributed by atoms with Crippen LogP contribution in [-0.2, 0) is 9.09 Å². The summed E-state index contributed by atoms with van der Waals surface area (Å²) in [5.41, 5.74) is 0. The van der Waals surface area contributed by atoms with E-state index in [1.165, 1.54) is 26.2 Å². The molecule has 96 valence electrons. The number of phosphoric acid groups is 1. The van der Waals surface area contributed by atoms with Crippen molar-refractivity contribution >= 4 is 7.82 Å². The average Bonchev–Trinajstić information content (AvgIpc) is 2.26. The van der Waals surface area contributed by atoms with Gasteiger partial charge in [-0.2, -0.15) is 0 Å². The van der Waals surface area contributed by atoms with Crippen molar-refractivity contribution in [2.75, 3.05) is 13.7 Å². The largest absolute Gasteiger partial charge is 1.00 e. The second-order valence-corrected chi connectivity index (χ2v) is 4.70. The van der Waals surface area contributed by atoms with Gasteiger partial charge in [-0.25, -0.2) is 0 Å². The average molecular weight is 284 g/mol. The van der Waals surface area contributed by atoms with Crippen LogP contribution in [0.25, 0.3) is 0 Å². The van der Waals surface area contributed by atoms with Crippen LogP contribution in [0.2, 0.25) is 0 Å². The third kappa shape index (κ3) is 6.75. The fourth-order valence-electron chi connectivity index (χ4n) is 1.01. The van der Waals surface area contributed by atoms with E-state index in [2.05, 4.69) is 9.05 Å². The monoisotopic (exact) mass is 284 g/mol. The number of hydrogen-bond donors (Lipinski definition) is 1. The molecule has 1 rings (SSSR count). The number of aliphatic hydroxyl groups excluding tert-OH is 1. The smallest absolute Gasteiger partial charge is 0.746 e. The number of phosphoric ester groups is 1. The van der Waals surface area contributed by atoms with Gasteiger partial charge < -0.3 is 23.8 Å². The first-order valence-corrected chi connectivity index (χ1v) is 6.36. The molecule has 2 unspecified atom stereocenters. The Balaban J connectivity index is 0.00000289. The van der Waals surface area contributed by atoms with E-state index in [9.17, 15) is 9.46 Å². The van der Waals surface area contributed by atoms with E-state index >= 15 is 0 Å². The van der Waals surface area contributed by atoms with Gasteiger partial charge in [0, 0.05) is 6.07 Å². The van der Waals surface area contributed by atoms with Gasteiger partial charge in [0.25, 0.3) is 0 Å². The fourth-order valence-corrected chi connectivity index (χ4v) is 1.84. The molecule has 0 spiro atoms. The number of methoxy groups -OCH3 is 1. The SMILES string of the molecule is COc1cccc(OP(=O)([O-])OCC(C)O)c1.[Na+]. The van der Waals surface area contributed by atoms with Crippen molar-refractivity contribution in [3.05, 3.63) is 24.3 Å². The number of ether oxygens (including phenoxy) is 1. The molecule has 18 heavy (non-hydrogen) atoms. The van der Waals surface area contributed by atoms with Crippen molar-refractivity contribution in [3.63, 3.8) is 0 Å². The standard InChI is InChI=1S/C10H15O6P.Na/c1-8(11)7-15-17(12,13)16-10-5-3-4-9(6-10)14-2;/h3-6,8,11H,7H2,1-2H3,(H,12,13);/q;+1/p-1. The number of benzene rings is 1. The minimum absolute atomic E-state index is 0. The van der Waals surface area contributed by atoms with E-state index in [1.54, 1.807) is 12.1 Å². The molecule has 2 atom stereocenters. The van der Waals surface area contributed by atoms with E-state index in [4.69, 9.17) is 9.84 Å². The molecule has 0 bridgehead atoms. The Kier molecular flexibility index (Phi) is 8.14. The van der Waals surface area contributed by atoms with Gasteiger partial charge in [-0.05, 0) is 19.1 Å². The number of rotatable bonds is 6. The zero-order valence-corrected chi connectivity index (χ0v) is 13.4. The Bertz CT molecular complexity index is 411. The topological polar surface area (TPSA) is 88.1 Å². The molecule has 0 saturated heterocycles. The Hall–Kier alpha value is -0.0700. The fraction of sp³-hybridized carbons (Fsp3) is 0.400. The summed E-state index contributed by atoms with van der Waals surface area (Å²) in [6.07, 6.45) is -0.883. The van der Waals surface area contributed by atoms with Crippen LogP contribution in [0.3, 0.4) is 0 Å². The second-order valence-electron chi connectivity index (χ2n) is 3.36. The molecule has 1 N–H and O–H groups in total. The summed E-state index contributed by atoms with van der Waals surface area (Å²) in [5.74, 6) is 0.561. The van der Waals surface area contributed by atoms with Crippen LogP contribution in [-0.4, -0.2) is 24.9 Å². The molecule has 8 heteroatoms. The normalized spacial score (nSPS) is 15.1. The summed E-state index contributed by atoms with van der Waals surface area (Å²) in [6, 6.07) is 6.11. The second kappa shape index (κ2) is 8.17. The van der Waals surface area contributed by atoms with E-state index in [0.29, 0.717) is 5.75 Å². The molecular weight excluding hydrogens is 270 g/mol. The Morgan fingerprint density at radius 3 is 2.61 bits per heavy atom. The van der Waals surface area contributed by atoms with Gasteiger partial charge in [0.05, 0.1) is 19.8 Å². The van der Waals surface area contributed by atoms with Crippen molar-refractivity contribution in [1.29, 1.82) is 0 Å². The van der Waals surface area contributed by atoms with E-state index in [0.717, 1.165) is 0 Å². The molecule has 0 aliphatic carbocycles. The molecule has 1 aromatic carbocycles. The maximum Gasteiger partial charge on any atom is 1.00 e. The van der Waals surface area contributed by atoms with Crippen LogP contribution in [0.1, 0.15) is 6.92 Å². The van der Waals surface area contributed by atoms with Crippen LogP contribution < -0.4 is 43.7 Å². The maximum atomic E-state index is 11.3. The summed E-state index contributed by atoms with van der Waals surface area (Å²) in [6.45, 7) is 1.07. The van der Waals surface area contributed by atoms with Crippen LogP contribution in [0.5, 0.6) is 11.5 Å². The van der Waals surface area contributed by atoms with Crippen LogP contribution >= 0.6 is 7.82 Å². The van der Waals surface area contributed by atoms with Gasteiger partial charge in [0.2, 0.25) is 0 Å². The number of hydrogen-bond acceptors (Lipinski definition) is 6. The first-order chi connectivity index (χ1) is 7.93. The molecule has 0 heterocycles. The van der Waals surface area contributed by atoms with Gasteiger partial charge >= 0.3 is 37.4 Å². The predicted molar refractivity (Wildman–Crippen MR) is 58.9 cm³/mol. The minimum atomic E-state index is -4.46. The Morgan fingerprint density at radius 1 is 1.44 bits per heavy atom. The molecule has 0 aliphatic heterocycles. The molecule has 0 saturated carbocycles. The molecule has 0 aliphatic rings. The summed E-state index contributed by atoms with van der Waals surface area (Å²) >= 11 is 0. The van der Waals surface area contributed by atoms with Crippen molar-refractivity contribution in [2.24, 2.45) is 0 Å². The first kappa shape index (κ1) is 17.9. The summed E-state index contributed by atoms with van der Waals surface area (Å²) < 4.78 is 25.4. The van der Waals surface area contributed by atoms with Crippen LogP contribution in [0.15, 0.2) is 24.3 Å². The summed E-state index contributed by atoms with van der Waals surface area (Å²) in [5, 5.41) is 8.90. The predicted octanol–water partition coefficient (Wildman–Crippen LogP) is -2.06. The van der Waals surface area contributed by atoms with Crippen molar-refractivity contribution < 1.29 is 57.9 Å². The molecular formula is C10H14NaO6P. The van der Waals surface area contributed by atoms with Crippen molar-refractivity contribution in [3.8, 4) is 11.5 Å². The van der Waals surface area contributed by atoms with Crippen molar-refractivity contribution in [2.45, 2.75) is 13.0 Å². The van der Waals surface area contributed by atoms with Gasteiger partial charge in [0.15, 0.2) is 0 Å². The Labute approximate surface area is 128 Å². The maximum absolute atomic E-state index is 11.3. The minimum Gasteiger partial charge on any atom is -0.746 e. The zero-order chi connectivity index (χ0) is 12.9.